The smallest absolute Gasteiger partial charge is 0.265 e. The molecule has 0 saturated carbocycles. The van der Waals surface area contributed by atoms with E-state index in [1.807, 2.05) is 0 Å². The van der Waals surface area contributed by atoms with Crippen LogP contribution in [0.4, 0.5) is 15.8 Å². The lowest BCUT2D eigenvalue weighted by Gasteiger charge is -2.20. The first kappa shape index (κ1) is 14.8. The summed E-state index contributed by atoms with van der Waals surface area (Å²) in [5.74, 6) is -0.871. The number of hydrogen-bond acceptors (Lipinski definition) is 4. The van der Waals surface area contributed by atoms with Crippen molar-refractivity contribution in [3.63, 3.8) is 0 Å². The number of benzene rings is 2. The Hall–Kier alpha value is -2.59. The third kappa shape index (κ3) is 2.66. The minimum Gasteiger partial charge on any atom is -0.399 e. The first-order valence-corrected chi connectivity index (χ1v) is 7.35. The Morgan fingerprint density at radius 1 is 1.19 bits per heavy atom. The van der Waals surface area contributed by atoms with Gasteiger partial charge in [0.1, 0.15) is 22.3 Å². The summed E-state index contributed by atoms with van der Waals surface area (Å²) in [4.78, 5) is -0.371. The quantitative estimate of drug-likeness (QED) is 0.880. The Balaban J connectivity index is 2.55. The summed E-state index contributed by atoms with van der Waals surface area (Å²) in [6, 6.07) is 11.2. The van der Waals surface area contributed by atoms with Crippen LogP contribution in [0.5, 0.6) is 0 Å². The number of sulfonamides is 1. The number of nitrogens with two attached hydrogens (primary N) is 1. The summed E-state index contributed by atoms with van der Waals surface area (Å²) >= 11 is 0. The van der Waals surface area contributed by atoms with Gasteiger partial charge in [0.2, 0.25) is 0 Å². The molecule has 0 bridgehead atoms. The second-order valence-electron chi connectivity index (χ2n) is 4.29. The van der Waals surface area contributed by atoms with E-state index in [4.69, 9.17) is 11.0 Å². The molecule has 0 aliphatic rings. The summed E-state index contributed by atoms with van der Waals surface area (Å²) in [6.07, 6.45) is 0. The molecule has 0 aliphatic carbocycles. The van der Waals surface area contributed by atoms with Crippen molar-refractivity contribution in [1.29, 1.82) is 5.26 Å². The van der Waals surface area contributed by atoms with Gasteiger partial charge in [-0.25, -0.2) is 12.8 Å². The van der Waals surface area contributed by atoms with Crippen LogP contribution < -0.4 is 10.0 Å². The number of nitrogen functional groups attached to an aromatic ring is 1. The second kappa shape index (κ2) is 5.42. The Morgan fingerprint density at radius 3 is 2.38 bits per heavy atom. The normalized spacial score (nSPS) is 10.9. The minimum atomic E-state index is -4.04. The maximum atomic E-state index is 13.6. The van der Waals surface area contributed by atoms with Crippen molar-refractivity contribution < 1.29 is 12.8 Å². The third-order valence-corrected chi connectivity index (χ3v) is 4.81. The molecule has 2 aromatic rings. The molecular formula is C14H12FN3O2S. The molecule has 0 aromatic heterocycles. The van der Waals surface area contributed by atoms with Gasteiger partial charge in [-0.3, -0.25) is 4.31 Å². The van der Waals surface area contributed by atoms with Crippen LogP contribution >= 0.6 is 0 Å². The molecule has 5 nitrogen and oxygen atoms in total. The molecule has 0 unspecified atom stereocenters. The van der Waals surface area contributed by atoms with E-state index in [-0.39, 0.29) is 4.90 Å². The average Bonchev–Trinajstić information content (AvgIpc) is 2.47. The molecule has 0 saturated heterocycles. The van der Waals surface area contributed by atoms with Crippen molar-refractivity contribution in [3.8, 4) is 6.07 Å². The topological polar surface area (TPSA) is 87.2 Å². The van der Waals surface area contributed by atoms with Gasteiger partial charge in [0, 0.05) is 12.7 Å². The first-order valence-electron chi connectivity index (χ1n) is 5.91. The van der Waals surface area contributed by atoms with E-state index in [1.165, 1.54) is 31.3 Å². The maximum Gasteiger partial charge on any atom is 0.265 e. The number of nitrogens with zero attached hydrogens (tertiary/aromatic N) is 2. The summed E-state index contributed by atoms with van der Waals surface area (Å²) in [6.45, 7) is 0. The van der Waals surface area contributed by atoms with Gasteiger partial charge in [-0.2, -0.15) is 5.26 Å². The second-order valence-corrected chi connectivity index (χ2v) is 6.23. The van der Waals surface area contributed by atoms with Crippen LogP contribution in [-0.2, 0) is 10.0 Å². The molecular weight excluding hydrogens is 293 g/mol. The molecule has 2 N–H and O–H groups in total. The fraction of sp³-hybridized carbons (Fsp3) is 0.0714. The van der Waals surface area contributed by atoms with Crippen molar-refractivity contribution >= 4 is 21.4 Å². The van der Waals surface area contributed by atoms with Crippen LogP contribution in [0.1, 0.15) is 5.56 Å². The molecule has 0 aliphatic heterocycles. The Kier molecular flexibility index (Phi) is 3.82. The summed E-state index contributed by atoms with van der Waals surface area (Å²) in [5.41, 5.74) is 5.90. The van der Waals surface area contributed by atoms with E-state index in [0.717, 1.165) is 10.4 Å². The summed E-state index contributed by atoms with van der Waals surface area (Å²) < 4.78 is 39.6. The number of rotatable bonds is 3. The molecule has 0 radical (unpaired) electrons. The highest BCUT2D eigenvalue weighted by Gasteiger charge is 2.26. The van der Waals surface area contributed by atoms with Gasteiger partial charge < -0.3 is 5.73 Å². The third-order valence-electron chi connectivity index (χ3n) is 2.98. The summed E-state index contributed by atoms with van der Waals surface area (Å²) in [7, 11) is -2.71. The molecule has 7 heteroatoms. The van der Waals surface area contributed by atoms with Crippen molar-refractivity contribution in [2.75, 3.05) is 17.1 Å². The van der Waals surface area contributed by atoms with Gasteiger partial charge in [0.25, 0.3) is 10.0 Å². The van der Waals surface area contributed by atoms with E-state index in [2.05, 4.69) is 0 Å². The lowest BCUT2D eigenvalue weighted by Crippen LogP contribution is -2.27. The zero-order valence-corrected chi connectivity index (χ0v) is 11.9. The fourth-order valence-corrected chi connectivity index (χ4v) is 3.14. The highest BCUT2D eigenvalue weighted by Crippen LogP contribution is 2.26. The fourth-order valence-electron chi connectivity index (χ4n) is 1.80. The molecule has 21 heavy (non-hydrogen) atoms. The molecule has 2 rings (SSSR count). The molecule has 2 aromatic carbocycles. The van der Waals surface area contributed by atoms with E-state index in [9.17, 15) is 12.8 Å². The Morgan fingerprint density at radius 2 is 1.81 bits per heavy atom. The molecule has 0 amide bonds. The lowest BCUT2D eigenvalue weighted by atomic mass is 10.2. The van der Waals surface area contributed by atoms with Crippen molar-refractivity contribution in [3.05, 3.63) is 53.8 Å². The van der Waals surface area contributed by atoms with Crippen molar-refractivity contribution in [2.24, 2.45) is 0 Å². The van der Waals surface area contributed by atoms with E-state index in [0.29, 0.717) is 11.4 Å². The number of halogens is 1. The highest BCUT2D eigenvalue weighted by molar-refractivity contribution is 7.92. The maximum absolute atomic E-state index is 13.6. The number of nitriles is 1. The largest absolute Gasteiger partial charge is 0.399 e. The van der Waals surface area contributed by atoms with Gasteiger partial charge in [-0.15, -0.1) is 0 Å². The van der Waals surface area contributed by atoms with Gasteiger partial charge in [-0.05, 0) is 36.4 Å². The highest BCUT2D eigenvalue weighted by atomic mass is 32.2. The molecule has 0 atom stereocenters. The molecule has 0 fully saturated rings. The monoisotopic (exact) mass is 305 g/mol. The Bertz CT molecular complexity index is 811. The van der Waals surface area contributed by atoms with Crippen molar-refractivity contribution in [1.82, 2.24) is 0 Å². The zero-order chi connectivity index (χ0) is 15.6. The van der Waals surface area contributed by atoms with Crippen LogP contribution in [-0.4, -0.2) is 15.5 Å². The lowest BCUT2D eigenvalue weighted by molar-refractivity contribution is 0.588. The van der Waals surface area contributed by atoms with Gasteiger partial charge in [-0.1, -0.05) is 6.07 Å². The Labute approximate surface area is 122 Å². The molecule has 108 valence electrons. The zero-order valence-electron chi connectivity index (χ0n) is 11.1. The first-order chi connectivity index (χ1) is 9.87. The van der Waals surface area contributed by atoms with Crippen LogP contribution in [0.15, 0.2) is 47.4 Å². The summed E-state index contributed by atoms with van der Waals surface area (Å²) in [5, 5.41) is 8.96. The van der Waals surface area contributed by atoms with Gasteiger partial charge in [0.05, 0.1) is 5.69 Å². The molecule has 0 spiro atoms. The van der Waals surface area contributed by atoms with Crippen LogP contribution in [0.3, 0.4) is 0 Å². The predicted molar refractivity (Wildman–Crippen MR) is 77.6 cm³/mol. The molecule has 0 heterocycles. The number of hydrogen-bond donors (Lipinski definition) is 1. The van der Waals surface area contributed by atoms with E-state index in [1.54, 1.807) is 18.2 Å². The minimum absolute atomic E-state index is 0.359. The van der Waals surface area contributed by atoms with E-state index < -0.39 is 21.4 Å². The van der Waals surface area contributed by atoms with Crippen LogP contribution in [0.25, 0.3) is 0 Å². The standard InChI is InChI=1S/C14H12FN3O2S/c1-18(11-7-5-10(17)6-8-11)21(19,20)14-4-2-3-13(15)12(14)9-16/h2-8H,17H2,1H3. The van der Waals surface area contributed by atoms with E-state index >= 15 is 0 Å². The van der Waals surface area contributed by atoms with Gasteiger partial charge in [0.15, 0.2) is 0 Å². The average molecular weight is 305 g/mol. The van der Waals surface area contributed by atoms with Gasteiger partial charge >= 0.3 is 0 Å². The number of anilines is 2. The SMILES string of the molecule is CN(c1ccc(N)cc1)S(=O)(=O)c1cccc(F)c1C#N. The van der Waals surface area contributed by atoms with Crippen LogP contribution in [0, 0.1) is 17.1 Å². The van der Waals surface area contributed by atoms with Crippen LogP contribution in [0.2, 0.25) is 0 Å². The predicted octanol–water partition coefficient (Wildman–Crippen LogP) is 2.10. The van der Waals surface area contributed by atoms with Crippen molar-refractivity contribution in [2.45, 2.75) is 4.90 Å².